The van der Waals surface area contributed by atoms with Crippen LogP contribution in [0.5, 0.6) is 11.5 Å². The second-order valence-corrected chi connectivity index (χ2v) is 6.76. The lowest BCUT2D eigenvalue weighted by Crippen LogP contribution is -2.41. The van der Waals surface area contributed by atoms with Gasteiger partial charge in [0.05, 0.1) is 7.11 Å². The van der Waals surface area contributed by atoms with Crippen LogP contribution in [-0.4, -0.2) is 37.3 Å². The number of ether oxygens (including phenoxy) is 2. The Balaban J connectivity index is 1.53. The van der Waals surface area contributed by atoms with Crippen molar-refractivity contribution in [1.29, 1.82) is 0 Å². The van der Waals surface area contributed by atoms with Gasteiger partial charge in [0.15, 0.2) is 6.61 Å². The monoisotopic (exact) mass is 428 g/mol. The first-order valence-electron chi connectivity index (χ1n) is 9.21. The zero-order chi connectivity index (χ0) is 21.8. The predicted octanol–water partition coefficient (Wildman–Crippen LogP) is 5.09. The fourth-order valence-electron chi connectivity index (χ4n) is 3.04. The molecule has 2 N–H and O–H groups in total. The predicted molar refractivity (Wildman–Crippen MR) is 103 cm³/mol. The molecule has 0 fully saturated rings. The quantitative estimate of drug-likeness (QED) is 0.369. The molecule has 3 rings (SSSR count). The van der Waals surface area contributed by atoms with Crippen molar-refractivity contribution in [2.75, 3.05) is 20.3 Å². The third-order valence-electron chi connectivity index (χ3n) is 4.60. The molecular formula is C21H21F5N2O2. The molecule has 0 unspecified atom stereocenters. The average Bonchev–Trinajstić information content (AvgIpc) is 3.12. The highest BCUT2D eigenvalue weighted by Crippen LogP contribution is 2.35. The molecule has 0 bridgehead atoms. The van der Waals surface area contributed by atoms with Gasteiger partial charge in [-0.3, -0.25) is 0 Å². The number of nitrogens with one attached hydrogen (secondary N) is 2. The van der Waals surface area contributed by atoms with Crippen molar-refractivity contribution in [2.24, 2.45) is 0 Å². The first kappa shape index (κ1) is 21.9. The number of halogens is 5. The molecular weight excluding hydrogens is 407 g/mol. The van der Waals surface area contributed by atoms with Crippen molar-refractivity contribution in [1.82, 2.24) is 10.3 Å². The van der Waals surface area contributed by atoms with Crippen LogP contribution in [0.15, 0.2) is 48.7 Å². The summed E-state index contributed by atoms with van der Waals surface area (Å²) in [6, 6.07) is 11.8. The van der Waals surface area contributed by atoms with E-state index in [0.717, 1.165) is 22.2 Å². The lowest BCUT2D eigenvalue weighted by Gasteiger charge is -2.20. The van der Waals surface area contributed by atoms with E-state index in [-0.39, 0.29) is 5.75 Å². The van der Waals surface area contributed by atoms with Crippen molar-refractivity contribution >= 4 is 10.9 Å². The van der Waals surface area contributed by atoms with Crippen LogP contribution in [-0.2, 0) is 13.0 Å². The zero-order valence-corrected chi connectivity index (χ0v) is 16.2. The Labute approximate surface area is 170 Å². The standard InChI is InChI=1S/C21H21F5N2O2/c1-29-18-7-3-6-17-19(18)15(12-28-17)8-9-27-11-14-4-2-5-16(10-14)30-13-20(22,23)21(24,25)26/h2-7,10,12,27-28H,8-9,11,13H2,1H3. The topological polar surface area (TPSA) is 46.3 Å². The first-order valence-corrected chi connectivity index (χ1v) is 9.21. The number of hydrogen-bond donors (Lipinski definition) is 2. The van der Waals surface area contributed by atoms with E-state index in [9.17, 15) is 22.0 Å². The highest BCUT2D eigenvalue weighted by Gasteiger charge is 2.58. The molecule has 30 heavy (non-hydrogen) atoms. The smallest absolute Gasteiger partial charge is 0.456 e. The van der Waals surface area contributed by atoms with Gasteiger partial charge in [-0.15, -0.1) is 0 Å². The van der Waals surface area contributed by atoms with Gasteiger partial charge in [0, 0.05) is 23.6 Å². The Morgan fingerprint density at radius 1 is 1.03 bits per heavy atom. The molecule has 2 aromatic carbocycles. The maximum atomic E-state index is 13.0. The lowest BCUT2D eigenvalue weighted by atomic mass is 10.1. The van der Waals surface area contributed by atoms with Crippen LogP contribution in [0.2, 0.25) is 0 Å². The lowest BCUT2D eigenvalue weighted by molar-refractivity contribution is -0.290. The molecule has 0 radical (unpaired) electrons. The van der Waals surface area contributed by atoms with Gasteiger partial charge >= 0.3 is 12.1 Å². The summed E-state index contributed by atoms with van der Waals surface area (Å²) in [6.45, 7) is -0.718. The summed E-state index contributed by atoms with van der Waals surface area (Å²) in [6.07, 6.45) is -3.00. The van der Waals surface area contributed by atoms with Crippen LogP contribution in [0, 0.1) is 0 Å². The maximum absolute atomic E-state index is 13.0. The Bertz CT molecular complexity index is 985. The number of aromatic amines is 1. The highest BCUT2D eigenvalue weighted by atomic mass is 19.4. The minimum Gasteiger partial charge on any atom is -0.496 e. The number of aromatic nitrogens is 1. The largest absolute Gasteiger partial charge is 0.496 e. The van der Waals surface area contributed by atoms with Crippen molar-refractivity contribution in [3.8, 4) is 11.5 Å². The van der Waals surface area contributed by atoms with Crippen molar-refractivity contribution in [3.63, 3.8) is 0 Å². The van der Waals surface area contributed by atoms with E-state index < -0.39 is 18.7 Å². The fraction of sp³-hybridized carbons (Fsp3) is 0.333. The number of rotatable bonds is 9. The Hall–Kier alpha value is -2.81. The summed E-state index contributed by atoms with van der Waals surface area (Å²) in [5, 5.41) is 4.24. The van der Waals surface area contributed by atoms with E-state index in [1.54, 1.807) is 19.2 Å². The average molecular weight is 428 g/mol. The summed E-state index contributed by atoms with van der Waals surface area (Å²) < 4.78 is 72.7. The van der Waals surface area contributed by atoms with Crippen molar-refractivity contribution < 1.29 is 31.4 Å². The first-order chi connectivity index (χ1) is 14.2. The molecule has 9 heteroatoms. The van der Waals surface area contributed by atoms with Gasteiger partial charge in [-0.05, 0) is 48.4 Å². The molecule has 4 nitrogen and oxygen atoms in total. The Morgan fingerprint density at radius 2 is 1.80 bits per heavy atom. The second kappa shape index (κ2) is 8.91. The van der Waals surface area contributed by atoms with Crippen molar-refractivity contribution in [3.05, 3.63) is 59.8 Å². The van der Waals surface area contributed by atoms with E-state index >= 15 is 0 Å². The number of hydrogen-bond acceptors (Lipinski definition) is 3. The SMILES string of the molecule is COc1cccc2[nH]cc(CCNCc3cccc(OCC(F)(F)C(F)(F)F)c3)c12. The molecule has 0 saturated carbocycles. The number of benzene rings is 2. The molecule has 1 aromatic heterocycles. The molecule has 0 atom stereocenters. The van der Waals surface area contributed by atoms with Gasteiger partial charge in [-0.25, -0.2) is 0 Å². The minimum atomic E-state index is -5.64. The summed E-state index contributed by atoms with van der Waals surface area (Å²) in [5.74, 6) is -4.16. The molecule has 1 heterocycles. The minimum absolute atomic E-state index is 0.0420. The summed E-state index contributed by atoms with van der Waals surface area (Å²) >= 11 is 0. The van der Waals surface area contributed by atoms with Gasteiger partial charge in [0.25, 0.3) is 0 Å². The van der Waals surface area contributed by atoms with Gasteiger partial charge in [-0.2, -0.15) is 22.0 Å². The van der Waals surface area contributed by atoms with Gasteiger partial charge in [-0.1, -0.05) is 18.2 Å². The number of alkyl halides is 5. The van der Waals surface area contributed by atoms with Crippen LogP contribution < -0.4 is 14.8 Å². The number of fused-ring (bicyclic) bond motifs is 1. The van der Waals surface area contributed by atoms with Crippen molar-refractivity contribution in [2.45, 2.75) is 25.1 Å². The molecule has 0 spiro atoms. The molecule has 0 saturated heterocycles. The molecule has 0 aliphatic rings. The van der Waals surface area contributed by atoms with Gasteiger partial charge in [0.2, 0.25) is 0 Å². The van der Waals surface area contributed by atoms with E-state index in [1.807, 2.05) is 24.4 Å². The molecule has 3 aromatic rings. The van der Waals surface area contributed by atoms with Gasteiger partial charge < -0.3 is 19.8 Å². The highest BCUT2D eigenvalue weighted by molar-refractivity contribution is 5.89. The van der Waals surface area contributed by atoms with E-state index in [1.165, 1.54) is 12.1 Å². The molecule has 0 aliphatic heterocycles. The fourth-order valence-corrected chi connectivity index (χ4v) is 3.04. The number of H-pyrrole nitrogens is 1. The summed E-state index contributed by atoms with van der Waals surface area (Å²) in [4.78, 5) is 3.20. The Kier molecular flexibility index (Phi) is 6.50. The van der Waals surface area contributed by atoms with Crippen LogP contribution in [0.1, 0.15) is 11.1 Å². The van der Waals surface area contributed by atoms with E-state index in [4.69, 9.17) is 4.74 Å². The van der Waals surface area contributed by atoms with Crippen LogP contribution in [0.4, 0.5) is 22.0 Å². The molecule has 162 valence electrons. The number of methoxy groups -OCH3 is 1. The van der Waals surface area contributed by atoms with Crippen LogP contribution in [0.25, 0.3) is 10.9 Å². The zero-order valence-electron chi connectivity index (χ0n) is 16.2. The third-order valence-corrected chi connectivity index (χ3v) is 4.60. The maximum Gasteiger partial charge on any atom is 0.456 e. The Morgan fingerprint density at radius 3 is 2.53 bits per heavy atom. The third kappa shape index (κ3) is 5.02. The van der Waals surface area contributed by atoms with E-state index in [2.05, 4.69) is 15.0 Å². The normalized spacial score (nSPS) is 12.3. The second-order valence-electron chi connectivity index (χ2n) is 6.76. The van der Waals surface area contributed by atoms with E-state index in [0.29, 0.717) is 25.1 Å². The summed E-state index contributed by atoms with van der Waals surface area (Å²) in [5.41, 5.74) is 2.77. The molecule has 0 amide bonds. The molecule has 0 aliphatic carbocycles. The van der Waals surface area contributed by atoms with Gasteiger partial charge in [0.1, 0.15) is 11.5 Å². The summed E-state index contributed by atoms with van der Waals surface area (Å²) in [7, 11) is 1.61. The van der Waals surface area contributed by atoms with Crippen LogP contribution in [0.3, 0.4) is 0 Å². The van der Waals surface area contributed by atoms with Crippen LogP contribution >= 0.6 is 0 Å².